The van der Waals surface area contributed by atoms with Crippen LogP contribution in [0.5, 0.6) is 0 Å². The molecular weight excluding hydrogens is 198 g/mol. The van der Waals surface area contributed by atoms with Crippen molar-refractivity contribution in [1.82, 2.24) is 5.16 Å². The highest BCUT2D eigenvalue weighted by atomic mass is 16.5. The van der Waals surface area contributed by atoms with Crippen LogP contribution in [0, 0.1) is 0 Å². The fourth-order valence-corrected chi connectivity index (χ4v) is 1.13. The minimum Gasteiger partial charge on any atom is -0.481 e. The van der Waals surface area contributed by atoms with Gasteiger partial charge in [-0.2, -0.15) is 0 Å². The SMILES string of the molecule is CCCc1cc(COCCC(=O)O)on1. The summed E-state index contributed by atoms with van der Waals surface area (Å²) >= 11 is 0. The van der Waals surface area contributed by atoms with E-state index in [0.717, 1.165) is 18.5 Å². The van der Waals surface area contributed by atoms with Gasteiger partial charge in [-0.25, -0.2) is 0 Å². The highest BCUT2D eigenvalue weighted by Crippen LogP contribution is 2.07. The molecule has 0 atom stereocenters. The van der Waals surface area contributed by atoms with E-state index >= 15 is 0 Å². The molecule has 0 saturated carbocycles. The van der Waals surface area contributed by atoms with Crippen molar-refractivity contribution < 1.29 is 19.2 Å². The fourth-order valence-electron chi connectivity index (χ4n) is 1.13. The van der Waals surface area contributed by atoms with E-state index in [1.54, 1.807) is 0 Å². The Morgan fingerprint density at radius 2 is 2.47 bits per heavy atom. The van der Waals surface area contributed by atoms with Crippen molar-refractivity contribution in [2.24, 2.45) is 0 Å². The van der Waals surface area contributed by atoms with Gasteiger partial charge in [0.15, 0.2) is 5.76 Å². The number of aliphatic carboxylic acids is 1. The molecular formula is C10H15NO4. The van der Waals surface area contributed by atoms with E-state index in [9.17, 15) is 4.79 Å². The molecule has 0 amide bonds. The predicted octanol–water partition coefficient (Wildman–Crippen LogP) is 1.62. The van der Waals surface area contributed by atoms with Gasteiger partial charge in [0.1, 0.15) is 6.61 Å². The molecule has 15 heavy (non-hydrogen) atoms. The van der Waals surface area contributed by atoms with Crippen molar-refractivity contribution in [2.75, 3.05) is 6.61 Å². The molecule has 0 aromatic carbocycles. The molecule has 0 saturated heterocycles. The Morgan fingerprint density at radius 3 is 3.13 bits per heavy atom. The highest BCUT2D eigenvalue weighted by molar-refractivity contribution is 5.66. The molecule has 0 spiro atoms. The summed E-state index contributed by atoms with van der Waals surface area (Å²) in [4.78, 5) is 10.2. The van der Waals surface area contributed by atoms with Crippen molar-refractivity contribution in [3.63, 3.8) is 0 Å². The van der Waals surface area contributed by atoms with Crippen molar-refractivity contribution in [1.29, 1.82) is 0 Å². The van der Waals surface area contributed by atoms with E-state index in [1.807, 2.05) is 6.07 Å². The standard InChI is InChI=1S/C10H15NO4/c1-2-3-8-6-9(15-11-8)7-14-5-4-10(12)13/h6H,2-5,7H2,1H3,(H,12,13). The van der Waals surface area contributed by atoms with Crippen LogP contribution >= 0.6 is 0 Å². The minimum atomic E-state index is -0.862. The number of nitrogens with zero attached hydrogens (tertiary/aromatic N) is 1. The van der Waals surface area contributed by atoms with Crippen LogP contribution in [-0.4, -0.2) is 22.8 Å². The molecule has 0 bridgehead atoms. The molecule has 1 aromatic rings. The molecule has 0 aliphatic carbocycles. The van der Waals surface area contributed by atoms with Crippen LogP contribution in [0.2, 0.25) is 0 Å². The van der Waals surface area contributed by atoms with E-state index in [4.69, 9.17) is 14.4 Å². The second kappa shape index (κ2) is 6.19. The van der Waals surface area contributed by atoms with Crippen LogP contribution < -0.4 is 0 Å². The number of rotatable bonds is 7. The minimum absolute atomic E-state index is 0.00988. The summed E-state index contributed by atoms with van der Waals surface area (Å²) in [5.74, 6) is -0.219. The molecule has 1 N–H and O–H groups in total. The number of carboxylic acids is 1. The fraction of sp³-hybridized carbons (Fsp3) is 0.600. The zero-order valence-corrected chi connectivity index (χ0v) is 8.73. The molecule has 0 aliphatic heterocycles. The molecule has 0 aliphatic rings. The van der Waals surface area contributed by atoms with Crippen LogP contribution in [0.1, 0.15) is 31.2 Å². The van der Waals surface area contributed by atoms with Gasteiger partial charge in [0.2, 0.25) is 0 Å². The third-order valence-electron chi connectivity index (χ3n) is 1.82. The Hall–Kier alpha value is -1.36. The van der Waals surface area contributed by atoms with E-state index in [1.165, 1.54) is 0 Å². The van der Waals surface area contributed by atoms with Crippen molar-refractivity contribution >= 4 is 5.97 Å². The number of ether oxygens (including phenoxy) is 1. The van der Waals surface area contributed by atoms with E-state index in [0.29, 0.717) is 5.76 Å². The molecule has 5 heteroatoms. The Labute approximate surface area is 88.0 Å². The van der Waals surface area contributed by atoms with Gasteiger partial charge in [0.05, 0.1) is 18.7 Å². The van der Waals surface area contributed by atoms with E-state index in [2.05, 4.69) is 12.1 Å². The lowest BCUT2D eigenvalue weighted by Crippen LogP contribution is -2.02. The molecule has 84 valence electrons. The topological polar surface area (TPSA) is 72.6 Å². The lowest BCUT2D eigenvalue weighted by molar-refractivity contribution is -0.138. The summed E-state index contributed by atoms with van der Waals surface area (Å²) in [7, 11) is 0. The average molecular weight is 213 g/mol. The van der Waals surface area contributed by atoms with Crippen molar-refractivity contribution in [3.8, 4) is 0 Å². The number of hydrogen-bond donors (Lipinski definition) is 1. The summed E-state index contributed by atoms with van der Waals surface area (Å²) in [5, 5.41) is 12.2. The number of carboxylic acid groups (broad SMARTS) is 1. The third-order valence-corrected chi connectivity index (χ3v) is 1.82. The summed E-state index contributed by atoms with van der Waals surface area (Å²) in [6, 6.07) is 1.84. The lowest BCUT2D eigenvalue weighted by atomic mass is 10.2. The number of aryl methyl sites for hydroxylation is 1. The molecule has 1 aromatic heterocycles. The number of aromatic nitrogens is 1. The van der Waals surface area contributed by atoms with Gasteiger partial charge in [-0.1, -0.05) is 18.5 Å². The molecule has 5 nitrogen and oxygen atoms in total. The number of carbonyl (C=O) groups is 1. The molecule has 1 heterocycles. The zero-order valence-electron chi connectivity index (χ0n) is 8.73. The van der Waals surface area contributed by atoms with Gasteiger partial charge in [-0.05, 0) is 6.42 Å². The molecule has 0 unspecified atom stereocenters. The first kappa shape index (κ1) is 11.7. The van der Waals surface area contributed by atoms with Crippen molar-refractivity contribution in [3.05, 3.63) is 17.5 Å². The molecule has 1 rings (SSSR count). The van der Waals surface area contributed by atoms with E-state index in [-0.39, 0.29) is 19.6 Å². The first-order chi connectivity index (χ1) is 7.22. The first-order valence-electron chi connectivity index (χ1n) is 4.96. The Kier molecular flexibility index (Phi) is 4.83. The smallest absolute Gasteiger partial charge is 0.305 e. The second-order valence-electron chi connectivity index (χ2n) is 3.23. The summed E-state index contributed by atoms with van der Waals surface area (Å²) in [6.45, 7) is 2.54. The molecule has 0 fully saturated rings. The van der Waals surface area contributed by atoms with Gasteiger partial charge in [-0.3, -0.25) is 4.79 Å². The Morgan fingerprint density at radius 1 is 1.67 bits per heavy atom. The monoisotopic (exact) mass is 213 g/mol. The van der Waals surface area contributed by atoms with Crippen LogP contribution in [0.3, 0.4) is 0 Å². The first-order valence-corrected chi connectivity index (χ1v) is 4.96. The van der Waals surface area contributed by atoms with Crippen LogP contribution in [-0.2, 0) is 22.6 Å². The average Bonchev–Trinajstić information content (AvgIpc) is 2.61. The Balaban J connectivity index is 2.22. The lowest BCUT2D eigenvalue weighted by Gasteiger charge is -1.97. The normalized spacial score (nSPS) is 10.5. The van der Waals surface area contributed by atoms with Crippen molar-refractivity contribution in [2.45, 2.75) is 32.8 Å². The maximum absolute atomic E-state index is 10.2. The van der Waals surface area contributed by atoms with Gasteiger partial charge in [0, 0.05) is 6.07 Å². The predicted molar refractivity (Wildman–Crippen MR) is 52.4 cm³/mol. The zero-order chi connectivity index (χ0) is 11.1. The van der Waals surface area contributed by atoms with Gasteiger partial charge >= 0.3 is 5.97 Å². The van der Waals surface area contributed by atoms with Gasteiger partial charge in [0.25, 0.3) is 0 Å². The Bertz CT molecular complexity index is 308. The summed E-state index contributed by atoms with van der Waals surface area (Å²) in [5.41, 5.74) is 0.911. The number of hydrogen-bond acceptors (Lipinski definition) is 4. The molecule has 0 radical (unpaired) electrons. The maximum Gasteiger partial charge on any atom is 0.305 e. The maximum atomic E-state index is 10.2. The van der Waals surface area contributed by atoms with Gasteiger partial charge in [-0.15, -0.1) is 0 Å². The van der Waals surface area contributed by atoms with Crippen LogP contribution in [0.25, 0.3) is 0 Å². The quantitative estimate of drug-likeness (QED) is 0.697. The largest absolute Gasteiger partial charge is 0.481 e. The highest BCUT2D eigenvalue weighted by Gasteiger charge is 2.04. The van der Waals surface area contributed by atoms with Crippen LogP contribution in [0.15, 0.2) is 10.6 Å². The summed E-state index contributed by atoms with van der Waals surface area (Å²) in [6.07, 6.45) is 1.92. The van der Waals surface area contributed by atoms with E-state index < -0.39 is 5.97 Å². The third kappa shape index (κ3) is 4.60. The summed E-state index contributed by atoms with van der Waals surface area (Å²) < 4.78 is 10.1. The van der Waals surface area contributed by atoms with Gasteiger partial charge < -0.3 is 14.4 Å². The van der Waals surface area contributed by atoms with Crippen LogP contribution in [0.4, 0.5) is 0 Å². The second-order valence-corrected chi connectivity index (χ2v) is 3.23.